The molecule has 0 N–H and O–H groups in total. The van der Waals surface area contributed by atoms with Crippen molar-refractivity contribution in [1.29, 1.82) is 0 Å². The highest BCUT2D eigenvalue weighted by molar-refractivity contribution is 7.16. The van der Waals surface area contributed by atoms with Crippen LogP contribution in [0, 0.1) is 5.82 Å². The lowest BCUT2D eigenvalue weighted by Crippen LogP contribution is -2.17. The van der Waals surface area contributed by atoms with Crippen molar-refractivity contribution in [3.05, 3.63) is 53.4 Å². The quantitative estimate of drug-likeness (QED) is 0.731. The van der Waals surface area contributed by atoms with Crippen molar-refractivity contribution in [2.75, 3.05) is 11.9 Å². The van der Waals surface area contributed by atoms with Crippen LogP contribution in [0.3, 0.4) is 0 Å². The standard InChI is InChI=1S/C14H12FN3S/c1-18(8-10-2-4-11(15)5-3-10)13-12-6-7-19-14(12)17-9-16-13/h2-7,9H,8H2,1H3. The maximum Gasteiger partial charge on any atom is 0.140 e. The van der Waals surface area contributed by atoms with Crippen LogP contribution in [0.4, 0.5) is 10.2 Å². The Morgan fingerprint density at radius 2 is 1.95 bits per heavy atom. The fourth-order valence-electron chi connectivity index (χ4n) is 2.02. The molecule has 0 saturated heterocycles. The third-order valence-corrected chi connectivity index (χ3v) is 3.76. The summed E-state index contributed by atoms with van der Waals surface area (Å²) in [5, 5.41) is 3.06. The zero-order chi connectivity index (χ0) is 13.2. The van der Waals surface area contributed by atoms with Crippen molar-refractivity contribution >= 4 is 27.4 Å². The first kappa shape index (κ1) is 12.0. The van der Waals surface area contributed by atoms with Crippen molar-refractivity contribution in [1.82, 2.24) is 9.97 Å². The van der Waals surface area contributed by atoms with Crippen LogP contribution in [-0.4, -0.2) is 17.0 Å². The summed E-state index contributed by atoms with van der Waals surface area (Å²) in [5.74, 6) is 0.684. The van der Waals surface area contributed by atoms with E-state index in [4.69, 9.17) is 0 Å². The molecular formula is C14H12FN3S. The fraction of sp³-hybridized carbons (Fsp3) is 0.143. The summed E-state index contributed by atoms with van der Waals surface area (Å²) >= 11 is 1.60. The van der Waals surface area contributed by atoms with Gasteiger partial charge in [0.05, 0.1) is 5.39 Å². The van der Waals surface area contributed by atoms with E-state index in [2.05, 4.69) is 9.97 Å². The molecule has 0 aliphatic rings. The highest BCUT2D eigenvalue weighted by atomic mass is 32.1. The number of anilines is 1. The number of nitrogens with zero attached hydrogens (tertiary/aromatic N) is 3. The summed E-state index contributed by atoms with van der Waals surface area (Å²) in [6.07, 6.45) is 1.58. The van der Waals surface area contributed by atoms with Gasteiger partial charge in [-0.1, -0.05) is 12.1 Å². The van der Waals surface area contributed by atoms with E-state index in [-0.39, 0.29) is 5.82 Å². The zero-order valence-corrected chi connectivity index (χ0v) is 11.2. The molecule has 19 heavy (non-hydrogen) atoms. The lowest BCUT2D eigenvalue weighted by molar-refractivity contribution is 0.627. The fourth-order valence-corrected chi connectivity index (χ4v) is 2.75. The van der Waals surface area contributed by atoms with Crippen LogP contribution in [0.2, 0.25) is 0 Å². The van der Waals surface area contributed by atoms with Crippen molar-refractivity contribution in [2.45, 2.75) is 6.54 Å². The van der Waals surface area contributed by atoms with Crippen LogP contribution in [0.1, 0.15) is 5.56 Å². The predicted molar refractivity (Wildman–Crippen MR) is 75.9 cm³/mol. The van der Waals surface area contributed by atoms with Crippen LogP contribution >= 0.6 is 11.3 Å². The molecule has 0 aliphatic heterocycles. The Bertz CT molecular complexity index is 693. The number of hydrogen-bond acceptors (Lipinski definition) is 4. The van der Waals surface area contributed by atoms with E-state index in [9.17, 15) is 4.39 Å². The van der Waals surface area contributed by atoms with Gasteiger partial charge in [0.15, 0.2) is 0 Å². The highest BCUT2D eigenvalue weighted by Crippen LogP contribution is 2.26. The van der Waals surface area contributed by atoms with Gasteiger partial charge in [0.1, 0.15) is 22.8 Å². The minimum absolute atomic E-state index is 0.214. The Labute approximate surface area is 114 Å². The maximum atomic E-state index is 12.9. The number of thiophene rings is 1. The zero-order valence-electron chi connectivity index (χ0n) is 10.4. The number of hydrogen-bond donors (Lipinski definition) is 0. The predicted octanol–water partition coefficient (Wildman–Crippen LogP) is 3.47. The SMILES string of the molecule is CN(Cc1ccc(F)cc1)c1ncnc2sccc12. The van der Waals surface area contributed by atoms with E-state index >= 15 is 0 Å². The largest absolute Gasteiger partial charge is 0.355 e. The highest BCUT2D eigenvalue weighted by Gasteiger charge is 2.09. The third kappa shape index (κ3) is 2.42. The Morgan fingerprint density at radius 3 is 2.74 bits per heavy atom. The molecule has 5 heteroatoms. The Hall–Kier alpha value is -2.01. The number of fused-ring (bicyclic) bond motifs is 1. The van der Waals surface area contributed by atoms with Gasteiger partial charge in [0.2, 0.25) is 0 Å². The molecule has 3 nitrogen and oxygen atoms in total. The first-order chi connectivity index (χ1) is 9.24. The number of aromatic nitrogens is 2. The topological polar surface area (TPSA) is 29.0 Å². The van der Waals surface area contributed by atoms with Crippen molar-refractivity contribution in [3.63, 3.8) is 0 Å². The minimum atomic E-state index is -0.214. The average Bonchev–Trinajstić information content (AvgIpc) is 2.89. The Balaban J connectivity index is 1.89. The average molecular weight is 273 g/mol. The van der Waals surface area contributed by atoms with Crippen LogP contribution in [0.15, 0.2) is 42.0 Å². The smallest absolute Gasteiger partial charge is 0.140 e. The van der Waals surface area contributed by atoms with Gasteiger partial charge in [-0.25, -0.2) is 14.4 Å². The van der Waals surface area contributed by atoms with E-state index in [0.717, 1.165) is 21.6 Å². The molecule has 0 spiro atoms. The first-order valence-electron chi connectivity index (χ1n) is 5.88. The Morgan fingerprint density at radius 1 is 1.16 bits per heavy atom. The van der Waals surface area contributed by atoms with Gasteiger partial charge in [-0.05, 0) is 29.1 Å². The first-order valence-corrected chi connectivity index (χ1v) is 6.76. The van der Waals surface area contributed by atoms with Crippen LogP contribution in [0.5, 0.6) is 0 Å². The second-order valence-corrected chi connectivity index (χ2v) is 5.21. The van der Waals surface area contributed by atoms with Crippen molar-refractivity contribution in [3.8, 4) is 0 Å². The molecule has 0 amide bonds. The lowest BCUT2D eigenvalue weighted by Gasteiger charge is -2.18. The van der Waals surface area contributed by atoms with Gasteiger partial charge in [-0.15, -0.1) is 11.3 Å². The molecule has 0 fully saturated rings. The Kier molecular flexibility index (Phi) is 3.13. The summed E-state index contributed by atoms with van der Waals surface area (Å²) < 4.78 is 12.9. The summed E-state index contributed by atoms with van der Waals surface area (Å²) in [5.41, 5.74) is 1.05. The normalized spacial score (nSPS) is 10.8. The molecule has 3 rings (SSSR count). The monoisotopic (exact) mass is 273 g/mol. The molecule has 96 valence electrons. The van der Waals surface area contributed by atoms with Gasteiger partial charge in [0.25, 0.3) is 0 Å². The molecular weight excluding hydrogens is 261 g/mol. The van der Waals surface area contributed by atoms with Gasteiger partial charge in [0, 0.05) is 13.6 Å². The van der Waals surface area contributed by atoms with E-state index in [0.29, 0.717) is 6.54 Å². The van der Waals surface area contributed by atoms with E-state index < -0.39 is 0 Å². The molecule has 0 saturated carbocycles. The van der Waals surface area contributed by atoms with Crippen molar-refractivity contribution in [2.24, 2.45) is 0 Å². The summed E-state index contributed by atoms with van der Waals surface area (Å²) in [4.78, 5) is 11.6. The molecule has 2 heterocycles. The number of rotatable bonds is 3. The third-order valence-electron chi connectivity index (χ3n) is 2.94. The molecule has 0 bridgehead atoms. The molecule has 2 aromatic heterocycles. The van der Waals surface area contributed by atoms with Crippen molar-refractivity contribution < 1.29 is 4.39 Å². The summed E-state index contributed by atoms with van der Waals surface area (Å²) in [6, 6.07) is 8.55. The van der Waals surface area contributed by atoms with E-state index in [1.165, 1.54) is 12.1 Å². The van der Waals surface area contributed by atoms with Crippen LogP contribution < -0.4 is 4.90 Å². The van der Waals surface area contributed by atoms with Gasteiger partial charge >= 0.3 is 0 Å². The molecule has 0 unspecified atom stereocenters. The molecule has 0 atom stereocenters. The maximum absolute atomic E-state index is 12.9. The minimum Gasteiger partial charge on any atom is -0.355 e. The van der Waals surface area contributed by atoms with Gasteiger partial charge in [-0.2, -0.15) is 0 Å². The molecule has 1 aromatic carbocycles. The number of benzene rings is 1. The molecule has 0 aliphatic carbocycles. The van der Waals surface area contributed by atoms with Gasteiger partial charge in [-0.3, -0.25) is 0 Å². The molecule has 3 aromatic rings. The summed E-state index contributed by atoms with van der Waals surface area (Å²) in [7, 11) is 1.97. The van der Waals surface area contributed by atoms with E-state index in [1.807, 2.05) is 23.4 Å². The summed E-state index contributed by atoms with van der Waals surface area (Å²) in [6.45, 7) is 0.683. The second-order valence-electron chi connectivity index (χ2n) is 4.32. The van der Waals surface area contributed by atoms with Gasteiger partial charge < -0.3 is 4.90 Å². The van der Waals surface area contributed by atoms with Crippen LogP contribution in [-0.2, 0) is 6.54 Å². The number of halogens is 1. The van der Waals surface area contributed by atoms with Crippen LogP contribution in [0.25, 0.3) is 10.2 Å². The van der Waals surface area contributed by atoms with E-state index in [1.54, 1.807) is 29.8 Å². The molecule has 0 radical (unpaired) electrons. The lowest BCUT2D eigenvalue weighted by atomic mass is 10.2. The second kappa shape index (κ2) is 4.93.